The molecule has 8 nitrogen and oxygen atoms in total. The predicted molar refractivity (Wildman–Crippen MR) is 93.6 cm³/mol. The monoisotopic (exact) mass is 399 g/mol. The van der Waals surface area contributed by atoms with E-state index in [0.717, 1.165) is 29.3 Å². The SMILES string of the molecule is Cc1cc(F)ccc1S(=O)(=O)N1CCCO[C@@H]1CNC(=O)C(=O)NC1CC1. The molecule has 0 bridgehead atoms. The van der Waals surface area contributed by atoms with Crippen LogP contribution in [-0.4, -0.2) is 56.5 Å². The molecule has 0 radical (unpaired) electrons. The van der Waals surface area contributed by atoms with Crippen molar-refractivity contribution in [3.8, 4) is 0 Å². The van der Waals surface area contributed by atoms with E-state index in [9.17, 15) is 22.4 Å². The molecule has 2 aliphatic rings. The topological polar surface area (TPSA) is 105 Å². The van der Waals surface area contributed by atoms with Crippen molar-refractivity contribution in [2.24, 2.45) is 0 Å². The Balaban J connectivity index is 1.70. The summed E-state index contributed by atoms with van der Waals surface area (Å²) in [6.07, 6.45) is 1.26. The van der Waals surface area contributed by atoms with Crippen LogP contribution in [0, 0.1) is 12.7 Å². The Bertz CT molecular complexity index is 841. The first-order valence-corrected chi connectivity index (χ1v) is 10.2. The minimum Gasteiger partial charge on any atom is -0.360 e. The van der Waals surface area contributed by atoms with Crippen LogP contribution < -0.4 is 10.6 Å². The smallest absolute Gasteiger partial charge is 0.309 e. The first kappa shape index (κ1) is 19.7. The fourth-order valence-corrected chi connectivity index (χ4v) is 4.64. The van der Waals surface area contributed by atoms with Gasteiger partial charge in [0.25, 0.3) is 0 Å². The molecule has 1 atom stereocenters. The van der Waals surface area contributed by atoms with E-state index in [1.54, 1.807) is 0 Å². The normalized spacial score (nSPS) is 20.9. The number of carbonyl (C=O) groups excluding carboxylic acids is 2. The molecule has 27 heavy (non-hydrogen) atoms. The quantitative estimate of drug-likeness (QED) is 0.692. The van der Waals surface area contributed by atoms with Crippen molar-refractivity contribution >= 4 is 21.8 Å². The summed E-state index contributed by atoms with van der Waals surface area (Å²) in [5.41, 5.74) is 0.284. The van der Waals surface area contributed by atoms with Crippen LogP contribution in [0.15, 0.2) is 23.1 Å². The van der Waals surface area contributed by atoms with Crippen LogP contribution in [0.25, 0.3) is 0 Å². The van der Waals surface area contributed by atoms with Crippen molar-refractivity contribution in [1.29, 1.82) is 0 Å². The Morgan fingerprint density at radius 1 is 1.30 bits per heavy atom. The molecule has 2 fully saturated rings. The molecule has 1 aromatic rings. The van der Waals surface area contributed by atoms with Gasteiger partial charge in [-0.3, -0.25) is 9.59 Å². The maximum Gasteiger partial charge on any atom is 0.309 e. The summed E-state index contributed by atoms with van der Waals surface area (Å²) in [5, 5.41) is 4.98. The lowest BCUT2D eigenvalue weighted by molar-refractivity contribution is -0.140. The van der Waals surface area contributed by atoms with Crippen molar-refractivity contribution in [2.75, 3.05) is 19.7 Å². The lowest BCUT2D eigenvalue weighted by Crippen LogP contribution is -2.53. The molecular weight excluding hydrogens is 377 g/mol. The highest BCUT2D eigenvalue weighted by molar-refractivity contribution is 7.89. The Morgan fingerprint density at radius 3 is 2.70 bits per heavy atom. The van der Waals surface area contributed by atoms with Gasteiger partial charge in [-0.25, -0.2) is 12.8 Å². The van der Waals surface area contributed by atoms with E-state index in [1.807, 2.05) is 0 Å². The van der Waals surface area contributed by atoms with Gasteiger partial charge >= 0.3 is 11.8 Å². The first-order valence-electron chi connectivity index (χ1n) is 8.77. The van der Waals surface area contributed by atoms with Crippen LogP contribution in [0.5, 0.6) is 0 Å². The zero-order valence-corrected chi connectivity index (χ0v) is 15.7. The number of benzene rings is 1. The summed E-state index contributed by atoms with van der Waals surface area (Å²) in [7, 11) is -3.95. The van der Waals surface area contributed by atoms with Crippen molar-refractivity contribution in [2.45, 2.75) is 43.4 Å². The number of hydrogen-bond donors (Lipinski definition) is 2. The van der Waals surface area contributed by atoms with Gasteiger partial charge in [0.05, 0.1) is 18.0 Å². The number of hydrogen-bond acceptors (Lipinski definition) is 5. The fourth-order valence-electron chi connectivity index (χ4n) is 2.87. The summed E-state index contributed by atoms with van der Waals surface area (Å²) in [5.74, 6) is -2.09. The van der Waals surface area contributed by atoms with Gasteiger partial charge in [0.2, 0.25) is 10.0 Å². The average molecular weight is 399 g/mol. The van der Waals surface area contributed by atoms with Crippen LogP contribution in [0.1, 0.15) is 24.8 Å². The molecular formula is C17H22FN3O5S. The second-order valence-corrected chi connectivity index (χ2v) is 8.52. The summed E-state index contributed by atoms with van der Waals surface area (Å²) >= 11 is 0. The molecule has 3 rings (SSSR count). The summed E-state index contributed by atoms with van der Waals surface area (Å²) in [6, 6.07) is 3.50. The van der Waals surface area contributed by atoms with E-state index in [-0.39, 0.29) is 29.6 Å². The van der Waals surface area contributed by atoms with Crippen LogP contribution >= 0.6 is 0 Å². The van der Waals surface area contributed by atoms with E-state index in [0.29, 0.717) is 13.0 Å². The molecule has 148 valence electrons. The highest BCUT2D eigenvalue weighted by Gasteiger charge is 2.36. The standard InChI is InChI=1S/C17H22FN3O5S/c1-11-9-12(18)3-6-14(11)27(24,25)21-7-2-8-26-15(21)10-19-16(22)17(23)20-13-4-5-13/h3,6,9,13,15H,2,4-5,7-8,10H2,1H3,(H,19,22)(H,20,23)/t15-/m1/s1. The van der Waals surface area contributed by atoms with Crippen LogP contribution in [-0.2, 0) is 24.3 Å². The Kier molecular flexibility index (Phi) is 5.78. The van der Waals surface area contributed by atoms with Gasteiger partial charge < -0.3 is 15.4 Å². The van der Waals surface area contributed by atoms with Gasteiger partial charge in [-0.15, -0.1) is 0 Å². The third-order valence-corrected chi connectivity index (χ3v) is 6.48. The third kappa shape index (κ3) is 4.63. The number of aryl methyl sites for hydroxylation is 1. The second kappa shape index (κ2) is 7.91. The maximum atomic E-state index is 13.3. The summed E-state index contributed by atoms with van der Waals surface area (Å²) in [4.78, 5) is 23.6. The molecule has 2 N–H and O–H groups in total. The van der Waals surface area contributed by atoms with Gasteiger partial charge in [-0.05, 0) is 49.9 Å². The highest BCUT2D eigenvalue weighted by Crippen LogP contribution is 2.25. The highest BCUT2D eigenvalue weighted by atomic mass is 32.2. The van der Waals surface area contributed by atoms with Gasteiger partial charge in [0.1, 0.15) is 12.0 Å². The zero-order valence-electron chi connectivity index (χ0n) is 14.9. The second-order valence-electron chi connectivity index (χ2n) is 6.66. The van der Waals surface area contributed by atoms with Crippen LogP contribution in [0.3, 0.4) is 0 Å². The molecule has 1 aromatic carbocycles. The zero-order chi connectivity index (χ0) is 19.6. The maximum absolute atomic E-state index is 13.3. The number of carbonyl (C=O) groups is 2. The number of sulfonamides is 1. The first-order chi connectivity index (χ1) is 12.8. The fraction of sp³-hybridized carbons (Fsp3) is 0.529. The van der Waals surface area contributed by atoms with Gasteiger partial charge in [0, 0.05) is 12.6 Å². The van der Waals surface area contributed by atoms with E-state index in [2.05, 4.69) is 10.6 Å². The average Bonchev–Trinajstić information content (AvgIpc) is 3.43. The Labute approximate surface area is 157 Å². The minimum absolute atomic E-state index is 0.0165. The lowest BCUT2D eigenvalue weighted by atomic mass is 10.2. The van der Waals surface area contributed by atoms with Crippen LogP contribution in [0.4, 0.5) is 4.39 Å². The van der Waals surface area contributed by atoms with Gasteiger partial charge in [-0.1, -0.05) is 0 Å². The number of rotatable bonds is 5. The largest absolute Gasteiger partial charge is 0.360 e. The van der Waals surface area contributed by atoms with E-state index >= 15 is 0 Å². The number of amides is 2. The molecule has 1 aliphatic carbocycles. The molecule has 10 heteroatoms. The number of nitrogens with one attached hydrogen (secondary N) is 2. The molecule has 1 aliphatic heterocycles. The Hall–Kier alpha value is -2.04. The van der Waals surface area contributed by atoms with E-state index < -0.39 is 33.9 Å². The minimum atomic E-state index is -3.95. The molecule has 1 saturated carbocycles. The summed E-state index contributed by atoms with van der Waals surface area (Å²) < 4.78 is 45.9. The Morgan fingerprint density at radius 2 is 2.04 bits per heavy atom. The van der Waals surface area contributed by atoms with Crippen molar-refractivity contribution in [3.63, 3.8) is 0 Å². The summed E-state index contributed by atoms with van der Waals surface area (Å²) in [6.45, 7) is 1.90. The number of nitrogens with zero attached hydrogens (tertiary/aromatic N) is 1. The van der Waals surface area contributed by atoms with Crippen LogP contribution in [0.2, 0.25) is 0 Å². The molecule has 0 spiro atoms. The lowest BCUT2D eigenvalue weighted by Gasteiger charge is -2.34. The number of ether oxygens (including phenoxy) is 1. The van der Waals surface area contributed by atoms with Crippen molar-refractivity contribution in [1.82, 2.24) is 14.9 Å². The number of halogens is 1. The molecule has 1 saturated heterocycles. The molecule has 0 unspecified atom stereocenters. The van der Waals surface area contributed by atoms with E-state index in [4.69, 9.17) is 4.74 Å². The van der Waals surface area contributed by atoms with Crippen molar-refractivity contribution < 1.29 is 27.1 Å². The third-order valence-electron chi connectivity index (χ3n) is 4.43. The predicted octanol–water partition coefficient (Wildman–Crippen LogP) is 0.266. The molecule has 1 heterocycles. The van der Waals surface area contributed by atoms with Gasteiger partial charge in [-0.2, -0.15) is 4.31 Å². The van der Waals surface area contributed by atoms with Gasteiger partial charge in [0.15, 0.2) is 0 Å². The van der Waals surface area contributed by atoms with E-state index in [1.165, 1.54) is 13.0 Å². The molecule has 0 aromatic heterocycles. The van der Waals surface area contributed by atoms with Crippen molar-refractivity contribution in [3.05, 3.63) is 29.6 Å². The molecule has 2 amide bonds.